The van der Waals surface area contributed by atoms with Crippen LogP contribution in [0.5, 0.6) is 0 Å². The molecule has 0 aliphatic rings. The molecule has 3 heterocycles. The van der Waals surface area contributed by atoms with Crippen LogP contribution in [0.1, 0.15) is 11.1 Å². The largest absolute Gasteiger partial charge is 0.326 e. The lowest BCUT2D eigenvalue weighted by Crippen LogP contribution is -2.15. The average molecular weight is 420 g/mol. The molecule has 0 saturated heterocycles. The molecule has 156 valence electrons. The smallest absolute Gasteiger partial charge is 0.228 e. The number of fused-ring (bicyclic) bond motifs is 1. The highest BCUT2D eigenvalue weighted by Gasteiger charge is 2.12. The van der Waals surface area contributed by atoms with Crippen LogP contribution in [0.2, 0.25) is 0 Å². The summed E-state index contributed by atoms with van der Waals surface area (Å²) in [6.07, 6.45) is 3.75. The van der Waals surface area contributed by atoms with E-state index in [1.54, 1.807) is 16.9 Å². The van der Waals surface area contributed by atoms with Crippen molar-refractivity contribution in [2.75, 3.05) is 5.32 Å². The second kappa shape index (κ2) is 8.39. The molecule has 1 N–H and O–H groups in total. The number of nitrogens with one attached hydrogen (secondary N) is 1. The topological polar surface area (TPSA) is 85.1 Å². The molecule has 0 fully saturated rings. The molecule has 3 aromatic heterocycles. The molecule has 7 nitrogen and oxygen atoms in total. The zero-order valence-electron chi connectivity index (χ0n) is 17.4. The molecule has 0 radical (unpaired) electrons. The van der Waals surface area contributed by atoms with Crippen molar-refractivity contribution in [2.24, 2.45) is 0 Å². The summed E-state index contributed by atoms with van der Waals surface area (Å²) in [5.41, 5.74) is 6.02. The summed E-state index contributed by atoms with van der Waals surface area (Å²) >= 11 is 0. The monoisotopic (exact) mass is 420 g/mol. The van der Waals surface area contributed by atoms with Crippen molar-refractivity contribution < 1.29 is 4.79 Å². The maximum absolute atomic E-state index is 12.6. The Kier molecular flexibility index (Phi) is 5.13. The van der Waals surface area contributed by atoms with Crippen LogP contribution in [0.25, 0.3) is 28.3 Å². The fourth-order valence-electron chi connectivity index (χ4n) is 3.57. The third-order valence-electron chi connectivity index (χ3n) is 5.26. The third kappa shape index (κ3) is 3.96. The minimum Gasteiger partial charge on any atom is -0.326 e. The predicted octanol–water partition coefficient (Wildman–Crippen LogP) is 4.34. The molecule has 5 rings (SSSR count). The second-order valence-corrected chi connectivity index (χ2v) is 7.48. The Morgan fingerprint density at radius 2 is 1.75 bits per heavy atom. The van der Waals surface area contributed by atoms with E-state index >= 15 is 0 Å². The molecule has 0 aliphatic carbocycles. The molecule has 0 atom stereocenters. The summed E-state index contributed by atoms with van der Waals surface area (Å²) in [5, 5.41) is 16.2. The van der Waals surface area contributed by atoms with Crippen LogP contribution in [0.15, 0.2) is 85.2 Å². The minimum absolute atomic E-state index is 0.0568. The number of carbonyl (C=O) groups excluding carboxylic acids is 1. The summed E-state index contributed by atoms with van der Waals surface area (Å²) < 4.78 is 1.72. The number of amides is 1. The number of nitrogens with zero attached hydrogens (tertiary/aromatic N) is 5. The number of hydrogen-bond acceptors (Lipinski definition) is 5. The van der Waals surface area contributed by atoms with Gasteiger partial charge in [0.25, 0.3) is 0 Å². The standard InChI is InChI=1S/C25H20N6O/c1-17-5-2-3-6-19(17)16-24(32)27-21-8-4-7-20(15-21)22-9-10-23-28-29-25(31(23)30-22)18-11-13-26-14-12-18/h2-15H,16H2,1H3,(H,27,32). The molecule has 0 unspecified atom stereocenters. The lowest BCUT2D eigenvalue weighted by molar-refractivity contribution is -0.115. The molecule has 5 aromatic rings. The lowest BCUT2D eigenvalue weighted by Gasteiger charge is -2.09. The molecular weight excluding hydrogens is 400 g/mol. The number of rotatable bonds is 5. The Labute approximate surface area is 184 Å². The normalized spacial score (nSPS) is 10.9. The lowest BCUT2D eigenvalue weighted by atomic mass is 10.1. The van der Waals surface area contributed by atoms with Crippen LogP contribution in [0.3, 0.4) is 0 Å². The van der Waals surface area contributed by atoms with Crippen LogP contribution in [0.4, 0.5) is 5.69 Å². The average Bonchev–Trinajstić information content (AvgIpc) is 3.25. The molecular formula is C25H20N6O. The number of aryl methyl sites for hydroxylation is 1. The van der Waals surface area contributed by atoms with Crippen molar-refractivity contribution >= 4 is 17.2 Å². The van der Waals surface area contributed by atoms with Crippen LogP contribution in [-0.4, -0.2) is 30.7 Å². The predicted molar refractivity (Wildman–Crippen MR) is 123 cm³/mol. The fraction of sp³-hybridized carbons (Fsp3) is 0.0800. The van der Waals surface area contributed by atoms with Crippen molar-refractivity contribution in [3.8, 4) is 22.6 Å². The van der Waals surface area contributed by atoms with E-state index < -0.39 is 0 Å². The maximum atomic E-state index is 12.6. The summed E-state index contributed by atoms with van der Waals surface area (Å²) in [6.45, 7) is 2.01. The van der Waals surface area contributed by atoms with E-state index in [1.807, 2.05) is 79.7 Å². The van der Waals surface area contributed by atoms with E-state index in [0.717, 1.165) is 33.6 Å². The van der Waals surface area contributed by atoms with E-state index in [9.17, 15) is 4.79 Å². The summed E-state index contributed by atoms with van der Waals surface area (Å²) in [6, 6.07) is 23.1. The Balaban J connectivity index is 1.41. The molecule has 0 saturated carbocycles. The first-order chi connectivity index (χ1) is 15.7. The first-order valence-electron chi connectivity index (χ1n) is 10.2. The summed E-state index contributed by atoms with van der Waals surface area (Å²) in [5.74, 6) is 0.589. The van der Waals surface area contributed by atoms with Crippen molar-refractivity contribution in [1.29, 1.82) is 0 Å². The quantitative estimate of drug-likeness (QED) is 0.457. The number of hydrogen-bond donors (Lipinski definition) is 1. The van der Waals surface area contributed by atoms with Gasteiger partial charge in [0, 0.05) is 29.2 Å². The van der Waals surface area contributed by atoms with Gasteiger partial charge in [-0.15, -0.1) is 10.2 Å². The van der Waals surface area contributed by atoms with E-state index in [0.29, 0.717) is 17.9 Å². The van der Waals surface area contributed by atoms with Crippen molar-refractivity contribution in [3.63, 3.8) is 0 Å². The van der Waals surface area contributed by atoms with Gasteiger partial charge in [-0.25, -0.2) is 0 Å². The van der Waals surface area contributed by atoms with Crippen LogP contribution in [-0.2, 0) is 11.2 Å². The van der Waals surface area contributed by atoms with Gasteiger partial charge >= 0.3 is 0 Å². The maximum Gasteiger partial charge on any atom is 0.228 e. The Bertz CT molecular complexity index is 1410. The molecule has 1 amide bonds. The van der Waals surface area contributed by atoms with Crippen molar-refractivity contribution in [1.82, 2.24) is 24.8 Å². The number of benzene rings is 2. The molecule has 0 spiro atoms. The van der Waals surface area contributed by atoms with Gasteiger partial charge in [-0.05, 0) is 54.4 Å². The summed E-state index contributed by atoms with van der Waals surface area (Å²) in [7, 11) is 0. The van der Waals surface area contributed by atoms with Crippen molar-refractivity contribution in [3.05, 3.63) is 96.3 Å². The molecule has 0 bridgehead atoms. The molecule has 7 heteroatoms. The van der Waals surface area contributed by atoms with Crippen LogP contribution >= 0.6 is 0 Å². The van der Waals surface area contributed by atoms with Gasteiger partial charge in [0.2, 0.25) is 5.91 Å². The highest BCUT2D eigenvalue weighted by molar-refractivity contribution is 5.93. The summed E-state index contributed by atoms with van der Waals surface area (Å²) in [4.78, 5) is 16.6. The first kappa shape index (κ1) is 19.6. The molecule has 32 heavy (non-hydrogen) atoms. The number of anilines is 1. The number of aromatic nitrogens is 5. The third-order valence-corrected chi connectivity index (χ3v) is 5.26. The second-order valence-electron chi connectivity index (χ2n) is 7.48. The van der Waals surface area contributed by atoms with Gasteiger partial charge in [0.15, 0.2) is 11.5 Å². The zero-order valence-corrected chi connectivity index (χ0v) is 17.4. The van der Waals surface area contributed by atoms with Crippen molar-refractivity contribution in [2.45, 2.75) is 13.3 Å². The van der Waals surface area contributed by atoms with E-state index in [1.165, 1.54) is 0 Å². The molecule has 0 aliphatic heterocycles. The number of pyridine rings is 1. The van der Waals surface area contributed by atoms with E-state index in [2.05, 4.69) is 20.5 Å². The first-order valence-corrected chi connectivity index (χ1v) is 10.2. The Morgan fingerprint density at radius 3 is 2.59 bits per heavy atom. The van der Waals surface area contributed by atoms with Gasteiger partial charge < -0.3 is 5.32 Å². The highest BCUT2D eigenvalue weighted by Crippen LogP contribution is 2.23. The van der Waals surface area contributed by atoms with Crippen LogP contribution in [0, 0.1) is 6.92 Å². The zero-order chi connectivity index (χ0) is 21.9. The van der Waals surface area contributed by atoms with Gasteiger partial charge in [0.05, 0.1) is 12.1 Å². The van der Waals surface area contributed by atoms with E-state index in [-0.39, 0.29) is 5.91 Å². The van der Waals surface area contributed by atoms with Gasteiger partial charge in [-0.2, -0.15) is 9.61 Å². The molecule has 2 aromatic carbocycles. The SMILES string of the molecule is Cc1ccccc1CC(=O)Nc1cccc(-c2ccc3nnc(-c4ccncc4)n3n2)c1. The highest BCUT2D eigenvalue weighted by atomic mass is 16.1. The Morgan fingerprint density at radius 1 is 0.906 bits per heavy atom. The van der Waals surface area contributed by atoms with E-state index in [4.69, 9.17) is 5.10 Å². The van der Waals surface area contributed by atoms with Gasteiger partial charge in [-0.1, -0.05) is 36.4 Å². The van der Waals surface area contributed by atoms with Gasteiger partial charge in [-0.3, -0.25) is 9.78 Å². The van der Waals surface area contributed by atoms with Crippen LogP contribution < -0.4 is 5.32 Å². The van der Waals surface area contributed by atoms with Gasteiger partial charge in [0.1, 0.15) is 0 Å². The Hall–Kier alpha value is -4.39. The fourth-order valence-corrected chi connectivity index (χ4v) is 3.57. The minimum atomic E-state index is -0.0568. The number of carbonyl (C=O) groups is 1.